The van der Waals surface area contributed by atoms with Crippen molar-refractivity contribution < 1.29 is 14.4 Å². The van der Waals surface area contributed by atoms with Crippen molar-refractivity contribution in [1.29, 1.82) is 0 Å². The molecule has 0 unspecified atom stereocenters. The van der Waals surface area contributed by atoms with Crippen molar-refractivity contribution in [1.82, 2.24) is 15.2 Å². The summed E-state index contributed by atoms with van der Waals surface area (Å²) in [5, 5.41) is 2.41. The van der Waals surface area contributed by atoms with Crippen LogP contribution in [0.4, 0.5) is 4.79 Å². The molecule has 27 heavy (non-hydrogen) atoms. The highest BCUT2D eigenvalue weighted by molar-refractivity contribution is 8.18. The van der Waals surface area contributed by atoms with E-state index in [4.69, 9.17) is 0 Å². The van der Waals surface area contributed by atoms with Crippen LogP contribution in [0.25, 0.3) is 6.08 Å². The molecule has 0 bridgehead atoms. The molecule has 0 aliphatic carbocycles. The number of pyridine rings is 1. The minimum absolute atomic E-state index is 0.137. The third-order valence-corrected chi connectivity index (χ3v) is 5.55. The number of aromatic nitrogens is 1. The van der Waals surface area contributed by atoms with E-state index in [1.807, 2.05) is 36.4 Å². The first kappa shape index (κ1) is 19.2. The zero-order chi connectivity index (χ0) is 19.1. The lowest BCUT2D eigenvalue weighted by molar-refractivity contribution is -0.123. The summed E-state index contributed by atoms with van der Waals surface area (Å²) in [6.45, 7) is 0.378. The van der Waals surface area contributed by atoms with Gasteiger partial charge in [-0.2, -0.15) is 0 Å². The quantitative estimate of drug-likeness (QED) is 0.570. The molecular weight excluding hydrogens is 382 g/mol. The van der Waals surface area contributed by atoms with Gasteiger partial charge in [0.1, 0.15) is 0 Å². The van der Waals surface area contributed by atoms with Crippen LogP contribution in [0.3, 0.4) is 0 Å². The van der Waals surface area contributed by atoms with Gasteiger partial charge in [0.2, 0.25) is 5.91 Å². The molecule has 3 rings (SSSR count). The number of amides is 3. The lowest BCUT2D eigenvalue weighted by Crippen LogP contribution is -2.37. The number of rotatable bonds is 7. The Bertz CT molecular complexity index is 857. The van der Waals surface area contributed by atoms with Gasteiger partial charge >= 0.3 is 0 Å². The fourth-order valence-electron chi connectivity index (χ4n) is 2.33. The molecule has 1 saturated heterocycles. The number of thioether (sulfide) groups is 2. The van der Waals surface area contributed by atoms with Crippen molar-refractivity contribution in [3.05, 3.63) is 65.3 Å². The Morgan fingerprint density at radius 2 is 2.00 bits per heavy atom. The van der Waals surface area contributed by atoms with Gasteiger partial charge in [-0.3, -0.25) is 24.3 Å². The first-order valence-electron chi connectivity index (χ1n) is 8.23. The maximum atomic E-state index is 12.4. The van der Waals surface area contributed by atoms with Crippen LogP contribution >= 0.6 is 23.5 Å². The van der Waals surface area contributed by atoms with Crippen LogP contribution < -0.4 is 5.32 Å². The van der Waals surface area contributed by atoms with Crippen LogP contribution in [0.1, 0.15) is 5.56 Å². The normalized spacial score (nSPS) is 15.4. The van der Waals surface area contributed by atoms with Crippen molar-refractivity contribution in [3.63, 3.8) is 0 Å². The van der Waals surface area contributed by atoms with Crippen LogP contribution in [0.5, 0.6) is 0 Å². The molecule has 0 radical (unpaired) electrons. The van der Waals surface area contributed by atoms with E-state index in [0.29, 0.717) is 4.91 Å². The van der Waals surface area contributed by atoms with Gasteiger partial charge in [-0.15, -0.1) is 11.8 Å². The maximum absolute atomic E-state index is 12.4. The van der Waals surface area contributed by atoms with Gasteiger partial charge < -0.3 is 5.32 Å². The number of nitrogens with one attached hydrogen (secondary N) is 1. The van der Waals surface area contributed by atoms with Crippen LogP contribution in [-0.4, -0.2) is 45.8 Å². The predicted octanol–water partition coefficient (Wildman–Crippen LogP) is 3.03. The molecule has 3 amide bonds. The molecule has 1 aliphatic heterocycles. The minimum Gasteiger partial charge on any atom is -0.354 e. The van der Waals surface area contributed by atoms with Gasteiger partial charge in [0.25, 0.3) is 11.1 Å². The highest BCUT2D eigenvalue weighted by Crippen LogP contribution is 2.31. The van der Waals surface area contributed by atoms with Crippen molar-refractivity contribution in [2.24, 2.45) is 0 Å². The first-order valence-corrected chi connectivity index (χ1v) is 10.0. The van der Waals surface area contributed by atoms with E-state index in [1.54, 1.807) is 24.5 Å². The Hall–Kier alpha value is -2.58. The molecule has 138 valence electrons. The molecule has 1 aromatic carbocycles. The summed E-state index contributed by atoms with van der Waals surface area (Å²) in [6, 6.07) is 13.2. The molecule has 0 saturated carbocycles. The first-order chi connectivity index (χ1) is 13.1. The van der Waals surface area contributed by atoms with E-state index in [1.165, 1.54) is 11.8 Å². The molecule has 2 heterocycles. The van der Waals surface area contributed by atoms with Crippen molar-refractivity contribution in [3.8, 4) is 0 Å². The van der Waals surface area contributed by atoms with Gasteiger partial charge in [0.05, 0.1) is 10.7 Å². The molecule has 1 aliphatic rings. The average Bonchev–Trinajstić information content (AvgIpc) is 2.95. The SMILES string of the molecule is O=C(CSc1ccccc1)NCCN1C(=O)S/C(=C\c2cccnc2)C1=O. The van der Waals surface area contributed by atoms with Crippen molar-refractivity contribution in [2.45, 2.75) is 4.90 Å². The fourth-order valence-corrected chi connectivity index (χ4v) is 3.94. The summed E-state index contributed by atoms with van der Waals surface area (Å²) < 4.78 is 0. The zero-order valence-electron chi connectivity index (χ0n) is 14.3. The number of hydrogen-bond acceptors (Lipinski definition) is 6. The number of imide groups is 1. The average molecular weight is 399 g/mol. The van der Waals surface area contributed by atoms with Gasteiger partial charge in [-0.05, 0) is 41.6 Å². The van der Waals surface area contributed by atoms with E-state index in [2.05, 4.69) is 10.3 Å². The third kappa shape index (κ3) is 5.45. The van der Waals surface area contributed by atoms with Crippen molar-refractivity contribution in [2.75, 3.05) is 18.8 Å². The molecular formula is C19H17N3O3S2. The van der Waals surface area contributed by atoms with Crippen LogP contribution in [0.15, 0.2) is 64.7 Å². The monoisotopic (exact) mass is 399 g/mol. The van der Waals surface area contributed by atoms with Crippen LogP contribution in [-0.2, 0) is 9.59 Å². The smallest absolute Gasteiger partial charge is 0.293 e. The summed E-state index contributed by atoms with van der Waals surface area (Å²) in [7, 11) is 0. The van der Waals surface area contributed by atoms with Gasteiger partial charge in [0, 0.05) is 30.4 Å². The molecule has 1 fully saturated rings. The van der Waals surface area contributed by atoms with Gasteiger partial charge in [-0.25, -0.2) is 0 Å². The second-order valence-electron chi connectivity index (χ2n) is 5.57. The van der Waals surface area contributed by atoms with E-state index < -0.39 is 0 Å². The molecule has 1 aromatic heterocycles. The lowest BCUT2D eigenvalue weighted by atomic mass is 10.2. The Balaban J connectivity index is 1.46. The summed E-state index contributed by atoms with van der Waals surface area (Å²) in [6.07, 6.45) is 4.91. The number of carbonyl (C=O) groups excluding carboxylic acids is 3. The maximum Gasteiger partial charge on any atom is 0.293 e. The van der Waals surface area contributed by atoms with Crippen LogP contribution in [0.2, 0.25) is 0 Å². The molecule has 2 aromatic rings. The van der Waals surface area contributed by atoms with E-state index in [-0.39, 0.29) is 35.9 Å². The second-order valence-corrected chi connectivity index (χ2v) is 7.61. The second kappa shape index (κ2) is 9.38. The summed E-state index contributed by atoms with van der Waals surface area (Å²) >= 11 is 2.33. The Kier molecular flexibility index (Phi) is 6.67. The zero-order valence-corrected chi connectivity index (χ0v) is 16.0. The molecule has 1 N–H and O–H groups in total. The van der Waals surface area contributed by atoms with E-state index in [9.17, 15) is 14.4 Å². The third-order valence-electron chi connectivity index (χ3n) is 3.63. The minimum atomic E-state index is -0.346. The summed E-state index contributed by atoms with van der Waals surface area (Å²) in [4.78, 5) is 42.9. The van der Waals surface area contributed by atoms with Crippen LogP contribution in [0, 0.1) is 0 Å². The number of hydrogen-bond donors (Lipinski definition) is 1. The lowest BCUT2D eigenvalue weighted by Gasteiger charge is -2.12. The van der Waals surface area contributed by atoms with E-state index in [0.717, 1.165) is 27.1 Å². The highest BCUT2D eigenvalue weighted by Gasteiger charge is 2.34. The van der Waals surface area contributed by atoms with Gasteiger partial charge in [0.15, 0.2) is 0 Å². The molecule has 6 nitrogen and oxygen atoms in total. The van der Waals surface area contributed by atoms with Crippen molar-refractivity contribution >= 4 is 46.7 Å². The standard InChI is InChI=1S/C19H17N3O3S2/c23-17(13-26-15-6-2-1-3-7-15)21-9-10-22-18(24)16(27-19(22)25)11-14-5-4-8-20-12-14/h1-8,11-12H,9-10,13H2,(H,21,23)/b16-11-. The largest absolute Gasteiger partial charge is 0.354 e. The highest BCUT2D eigenvalue weighted by atomic mass is 32.2. The number of nitrogens with zero attached hydrogens (tertiary/aromatic N) is 2. The topological polar surface area (TPSA) is 79.4 Å². The van der Waals surface area contributed by atoms with E-state index >= 15 is 0 Å². The Morgan fingerprint density at radius 3 is 2.74 bits per heavy atom. The molecule has 0 atom stereocenters. The molecule has 0 spiro atoms. The summed E-state index contributed by atoms with van der Waals surface area (Å²) in [5.41, 5.74) is 0.759. The fraction of sp³-hybridized carbons (Fsp3) is 0.158. The Labute approximate surface area is 165 Å². The number of benzene rings is 1. The molecule has 8 heteroatoms. The number of carbonyl (C=O) groups is 3. The predicted molar refractivity (Wildman–Crippen MR) is 107 cm³/mol. The Morgan fingerprint density at radius 1 is 1.19 bits per heavy atom. The summed E-state index contributed by atoms with van der Waals surface area (Å²) in [5.74, 6) is -0.198. The van der Waals surface area contributed by atoms with Gasteiger partial charge in [-0.1, -0.05) is 24.3 Å².